The van der Waals surface area contributed by atoms with Crippen LogP contribution < -0.4 is 0 Å². The molecule has 0 radical (unpaired) electrons. The van der Waals surface area contributed by atoms with E-state index in [9.17, 15) is 4.79 Å². The monoisotopic (exact) mass is 326 g/mol. The molecule has 0 atom stereocenters. The summed E-state index contributed by atoms with van der Waals surface area (Å²) in [7, 11) is 0. The first-order valence-corrected chi connectivity index (χ1v) is 8.79. The second kappa shape index (κ2) is 6.12. The van der Waals surface area contributed by atoms with E-state index >= 15 is 0 Å². The summed E-state index contributed by atoms with van der Waals surface area (Å²) < 4.78 is 0. The molecule has 5 nitrogen and oxygen atoms in total. The first-order valence-electron chi connectivity index (χ1n) is 7.91. The lowest BCUT2D eigenvalue weighted by atomic mass is 9.93. The highest BCUT2D eigenvalue weighted by molar-refractivity contribution is 7.11. The Morgan fingerprint density at radius 2 is 2.13 bits per heavy atom. The Balaban J connectivity index is 1.37. The number of thiazole rings is 1. The van der Waals surface area contributed by atoms with Crippen molar-refractivity contribution < 1.29 is 4.79 Å². The maximum Gasteiger partial charge on any atom is 0.265 e. The molecule has 0 bridgehead atoms. The van der Waals surface area contributed by atoms with Gasteiger partial charge < -0.3 is 9.88 Å². The summed E-state index contributed by atoms with van der Waals surface area (Å²) in [6.07, 6.45) is 4.67. The Hall–Kier alpha value is -2.21. The standard InChI is InChI=1S/C17H18N4OS/c22-17(15-10-18-11-23-15)21-7-5-12(6-8-21)9-16-19-13-3-1-2-4-14(13)20-16/h1-4,10-12H,5-9H2,(H,19,20). The molecule has 3 heterocycles. The summed E-state index contributed by atoms with van der Waals surface area (Å²) in [5.41, 5.74) is 3.84. The molecule has 2 aromatic heterocycles. The van der Waals surface area contributed by atoms with Crippen LogP contribution in [0.25, 0.3) is 11.0 Å². The summed E-state index contributed by atoms with van der Waals surface area (Å²) in [5, 5.41) is 0. The van der Waals surface area contributed by atoms with Gasteiger partial charge in [0, 0.05) is 19.5 Å². The van der Waals surface area contributed by atoms with Crippen molar-refractivity contribution in [1.82, 2.24) is 19.9 Å². The third kappa shape index (κ3) is 2.99. The van der Waals surface area contributed by atoms with Crippen LogP contribution in [0.4, 0.5) is 0 Å². The Morgan fingerprint density at radius 1 is 1.30 bits per heavy atom. The van der Waals surface area contributed by atoms with Crippen LogP contribution in [0.2, 0.25) is 0 Å². The van der Waals surface area contributed by atoms with Crippen LogP contribution in [0.15, 0.2) is 36.0 Å². The van der Waals surface area contributed by atoms with Gasteiger partial charge in [-0.3, -0.25) is 9.78 Å². The Morgan fingerprint density at radius 3 is 2.87 bits per heavy atom. The molecule has 118 valence electrons. The van der Waals surface area contributed by atoms with Gasteiger partial charge in [-0.2, -0.15) is 0 Å². The van der Waals surface area contributed by atoms with Gasteiger partial charge in [0.15, 0.2) is 0 Å². The van der Waals surface area contributed by atoms with Gasteiger partial charge in [0.1, 0.15) is 10.7 Å². The minimum atomic E-state index is 0.120. The van der Waals surface area contributed by atoms with E-state index in [1.54, 1.807) is 11.7 Å². The first-order chi connectivity index (χ1) is 11.3. The van der Waals surface area contributed by atoms with E-state index in [0.29, 0.717) is 5.92 Å². The zero-order chi connectivity index (χ0) is 15.6. The van der Waals surface area contributed by atoms with E-state index in [4.69, 9.17) is 0 Å². The lowest BCUT2D eigenvalue weighted by molar-refractivity contribution is 0.0694. The number of carbonyl (C=O) groups excluding carboxylic acids is 1. The fourth-order valence-corrected chi connectivity index (χ4v) is 3.78. The van der Waals surface area contributed by atoms with E-state index in [1.165, 1.54) is 11.3 Å². The predicted molar refractivity (Wildman–Crippen MR) is 90.5 cm³/mol. The average molecular weight is 326 g/mol. The fourth-order valence-electron chi connectivity index (χ4n) is 3.19. The number of nitrogens with zero attached hydrogens (tertiary/aromatic N) is 3. The highest BCUT2D eigenvalue weighted by atomic mass is 32.1. The highest BCUT2D eigenvalue weighted by Gasteiger charge is 2.25. The SMILES string of the molecule is O=C(c1cncs1)N1CCC(Cc2nc3ccccc3[nH]2)CC1. The Bertz CT molecular complexity index is 770. The molecule has 1 aliphatic heterocycles. The second-order valence-corrected chi connectivity index (χ2v) is 6.89. The van der Waals surface area contributed by atoms with E-state index in [-0.39, 0.29) is 5.91 Å². The summed E-state index contributed by atoms with van der Waals surface area (Å²) >= 11 is 1.41. The number of imidazole rings is 1. The topological polar surface area (TPSA) is 61.9 Å². The number of para-hydroxylation sites is 2. The van der Waals surface area contributed by atoms with Gasteiger partial charge in [-0.1, -0.05) is 12.1 Å². The lowest BCUT2D eigenvalue weighted by Gasteiger charge is -2.31. The van der Waals surface area contributed by atoms with Crippen molar-refractivity contribution in [3.8, 4) is 0 Å². The molecule has 1 aromatic carbocycles. The molecule has 6 heteroatoms. The number of H-pyrrole nitrogens is 1. The van der Waals surface area contributed by atoms with Crippen molar-refractivity contribution in [2.75, 3.05) is 13.1 Å². The molecule has 23 heavy (non-hydrogen) atoms. The number of fused-ring (bicyclic) bond motifs is 1. The van der Waals surface area contributed by atoms with Crippen LogP contribution in [0.5, 0.6) is 0 Å². The summed E-state index contributed by atoms with van der Waals surface area (Å²) in [5.74, 6) is 1.76. The predicted octanol–water partition coefficient (Wildman–Crippen LogP) is 3.11. The van der Waals surface area contributed by atoms with Crippen LogP contribution in [-0.4, -0.2) is 38.8 Å². The van der Waals surface area contributed by atoms with Gasteiger partial charge in [0.25, 0.3) is 5.91 Å². The largest absolute Gasteiger partial charge is 0.342 e. The summed E-state index contributed by atoms with van der Waals surface area (Å²) in [6, 6.07) is 8.12. The first kappa shape index (κ1) is 14.4. The number of piperidine rings is 1. The van der Waals surface area contributed by atoms with Crippen molar-refractivity contribution in [3.63, 3.8) is 0 Å². The quantitative estimate of drug-likeness (QED) is 0.804. The number of aromatic nitrogens is 3. The van der Waals surface area contributed by atoms with Crippen LogP contribution in [-0.2, 0) is 6.42 Å². The normalized spacial score (nSPS) is 16.1. The molecule has 0 aliphatic carbocycles. The molecule has 3 aromatic rings. The number of rotatable bonds is 3. The number of amides is 1. The van der Waals surface area contributed by atoms with Gasteiger partial charge in [0.05, 0.1) is 22.7 Å². The molecule has 1 amide bonds. The van der Waals surface area contributed by atoms with Crippen molar-refractivity contribution in [2.45, 2.75) is 19.3 Å². The molecular weight excluding hydrogens is 308 g/mol. The van der Waals surface area contributed by atoms with Gasteiger partial charge >= 0.3 is 0 Å². The van der Waals surface area contributed by atoms with E-state index in [0.717, 1.165) is 54.1 Å². The summed E-state index contributed by atoms with van der Waals surface area (Å²) in [6.45, 7) is 1.64. The van der Waals surface area contributed by atoms with Crippen molar-refractivity contribution in [2.24, 2.45) is 5.92 Å². The zero-order valence-corrected chi connectivity index (χ0v) is 13.6. The molecule has 1 aliphatic rings. The number of hydrogen-bond acceptors (Lipinski definition) is 4. The zero-order valence-electron chi connectivity index (χ0n) is 12.7. The minimum absolute atomic E-state index is 0.120. The molecule has 0 spiro atoms. The lowest BCUT2D eigenvalue weighted by Crippen LogP contribution is -2.38. The second-order valence-electron chi connectivity index (χ2n) is 6.01. The number of aromatic amines is 1. The van der Waals surface area contributed by atoms with Crippen molar-refractivity contribution in [1.29, 1.82) is 0 Å². The molecule has 0 saturated carbocycles. The minimum Gasteiger partial charge on any atom is -0.342 e. The molecule has 4 rings (SSSR count). The van der Waals surface area contributed by atoms with Crippen LogP contribution in [0.1, 0.15) is 28.3 Å². The van der Waals surface area contributed by atoms with E-state index in [2.05, 4.69) is 21.0 Å². The smallest absolute Gasteiger partial charge is 0.265 e. The number of likely N-dealkylation sites (tertiary alicyclic amines) is 1. The molecular formula is C17H18N4OS. The van der Waals surface area contributed by atoms with Crippen molar-refractivity contribution in [3.05, 3.63) is 46.7 Å². The van der Waals surface area contributed by atoms with Gasteiger partial charge in [-0.25, -0.2) is 4.98 Å². The van der Waals surface area contributed by atoms with Crippen LogP contribution >= 0.6 is 11.3 Å². The third-order valence-corrected chi connectivity index (χ3v) is 5.23. The van der Waals surface area contributed by atoms with Crippen molar-refractivity contribution >= 4 is 28.3 Å². The number of carbonyl (C=O) groups is 1. The maximum atomic E-state index is 12.3. The van der Waals surface area contributed by atoms with Gasteiger partial charge in [-0.05, 0) is 30.9 Å². The maximum absolute atomic E-state index is 12.3. The van der Waals surface area contributed by atoms with Crippen LogP contribution in [0.3, 0.4) is 0 Å². The highest BCUT2D eigenvalue weighted by Crippen LogP contribution is 2.23. The molecule has 1 fully saturated rings. The Kier molecular flexibility index (Phi) is 3.83. The molecule has 1 N–H and O–H groups in total. The molecule has 0 unspecified atom stereocenters. The van der Waals surface area contributed by atoms with Gasteiger partial charge in [0.2, 0.25) is 0 Å². The van der Waals surface area contributed by atoms with Gasteiger partial charge in [-0.15, -0.1) is 11.3 Å². The third-order valence-electron chi connectivity index (χ3n) is 4.47. The van der Waals surface area contributed by atoms with E-state index < -0.39 is 0 Å². The molecule has 1 saturated heterocycles. The Labute approximate surface area is 138 Å². The summed E-state index contributed by atoms with van der Waals surface area (Å²) in [4.78, 5) is 27.1. The van der Waals surface area contributed by atoms with Crippen LogP contribution in [0, 0.1) is 5.92 Å². The van der Waals surface area contributed by atoms with E-state index in [1.807, 2.05) is 23.1 Å². The number of hydrogen-bond donors (Lipinski definition) is 1. The average Bonchev–Trinajstić information content (AvgIpc) is 3.24. The number of benzene rings is 1. The fraction of sp³-hybridized carbons (Fsp3) is 0.353. The number of nitrogens with one attached hydrogen (secondary N) is 1.